The molecule has 4 nitrogen and oxygen atoms in total. The van der Waals surface area contributed by atoms with Crippen molar-refractivity contribution >= 4 is 11.6 Å². The van der Waals surface area contributed by atoms with Gasteiger partial charge in [-0.15, -0.1) is 0 Å². The largest absolute Gasteiger partial charge is 0.370 e. The molecule has 1 rings (SSSR count). The smallest absolute Gasteiger partial charge is 0.134 e. The highest BCUT2D eigenvalue weighted by atomic mass is 15.1. The summed E-state index contributed by atoms with van der Waals surface area (Å²) in [7, 11) is 0. The van der Waals surface area contributed by atoms with Crippen LogP contribution < -0.4 is 10.6 Å². The van der Waals surface area contributed by atoms with Crippen molar-refractivity contribution in [2.45, 2.75) is 66.8 Å². The van der Waals surface area contributed by atoms with Crippen LogP contribution in [-0.2, 0) is 6.42 Å². The zero-order chi connectivity index (χ0) is 15.1. The van der Waals surface area contributed by atoms with Crippen molar-refractivity contribution in [3.05, 3.63) is 11.4 Å². The summed E-state index contributed by atoms with van der Waals surface area (Å²) in [5, 5.41) is 6.89. The topological polar surface area (TPSA) is 49.8 Å². The summed E-state index contributed by atoms with van der Waals surface area (Å²) in [6, 6.07) is 0.424. The van der Waals surface area contributed by atoms with E-state index < -0.39 is 0 Å². The predicted molar refractivity (Wildman–Crippen MR) is 87.5 cm³/mol. The minimum absolute atomic E-state index is 0.424. The maximum absolute atomic E-state index is 4.69. The summed E-state index contributed by atoms with van der Waals surface area (Å²) in [5.74, 6) is 3.55. The average Bonchev–Trinajstić information content (AvgIpc) is 2.34. The molecule has 1 unspecified atom stereocenters. The summed E-state index contributed by atoms with van der Waals surface area (Å²) in [6.07, 6.45) is 3.13. The average molecular weight is 278 g/mol. The van der Waals surface area contributed by atoms with Gasteiger partial charge < -0.3 is 10.6 Å². The van der Waals surface area contributed by atoms with E-state index in [1.54, 1.807) is 0 Å². The first kappa shape index (κ1) is 16.7. The Balaban J connectivity index is 2.97. The van der Waals surface area contributed by atoms with Crippen LogP contribution >= 0.6 is 0 Å². The number of hydrogen-bond acceptors (Lipinski definition) is 4. The van der Waals surface area contributed by atoms with Gasteiger partial charge in [0.2, 0.25) is 0 Å². The number of hydrogen-bond donors (Lipinski definition) is 2. The Morgan fingerprint density at radius 3 is 2.25 bits per heavy atom. The summed E-state index contributed by atoms with van der Waals surface area (Å²) < 4.78 is 0. The van der Waals surface area contributed by atoms with Crippen LogP contribution in [-0.4, -0.2) is 22.6 Å². The lowest BCUT2D eigenvalue weighted by molar-refractivity contribution is 0.538. The van der Waals surface area contributed by atoms with E-state index >= 15 is 0 Å². The first-order valence-corrected chi connectivity index (χ1v) is 7.85. The molecule has 0 amide bonds. The SMILES string of the molecule is CCCc1nc(NCC)c(C)c(NC(C)CC(C)C)n1. The van der Waals surface area contributed by atoms with Gasteiger partial charge in [-0.25, -0.2) is 9.97 Å². The molecule has 114 valence electrons. The molecular weight excluding hydrogens is 248 g/mol. The normalized spacial score (nSPS) is 12.6. The van der Waals surface area contributed by atoms with E-state index in [1.165, 1.54) is 0 Å². The zero-order valence-electron chi connectivity index (χ0n) is 13.9. The maximum Gasteiger partial charge on any atom is 0.134 e. The highest BCUT2D eigenvalue weighted by Gasteiger charge is 2.13. The molecule has 1 atom stereocenters. The molecule has 0 aromatic carbocycles. The summed E-state index contributed by atoms with van der Waals surface area (Å²) in [5.41, 5.74) is 1.11. The zero-order valence-corrected chi connectivity index (χ0v) is 13.9. The van der Waals surface area contributed by atoms with Crippen LogP contribution in [0.4, 0.5) is 11.6 Å². The van der Waals surface area contributed by atoms with Gasteiger partial charge in [0.15, 0.2) is 0 Å². The molecule has 0 fully saturated rings. The minimum atomic E-state index is 0.424. The van der Waals surface area contributed by atoms with E-state index in [2.05, 4.69) is 62.1 Å². The molecule has 0 radical (unpaired) electrons. The highest BCUT2D eigenvalue weighted by Crippen LogP contribution is 2.22. The van der Waals surface area contributed by atoms with Crippen LogP contribution in [0.2, 0.25) is 0 Å². The van der Waals surface area contributed by atoms with E-state index in [9.17, 15) is 0 Å². The van der Waals surface area contributed by atoms with E-state index in [4.69, 9.17) is 0 Å². The van der Waals surface area contributed by atoms with Gasteiger partial charge in [-0.2, -0.15) is 0 Å². The third-order valence-electron chi connectivity index (χ3n) is 3.22. The number of nitrogens with one attached hydrogen (secondary N) is 2. The number of nitrogens with zero attached hydrogens (tertiary/aromatic N) is 2. The molecule has 0 spiro atoms. The van der Waals surface area contributed by atoms with E-state index in [0.29, 0.717) is 12.0 Å². The summed E-state index contributed by atoms with van der Waals surface area (Å²) in [4.78, 5) is 9.31. The molecule has 1 aromatic rings. The molecule has 4 heteroatoms. The van der Waals surface area contributed by atoms with Gasteiger partial charge in [0, 0.05) is 24.6 Å². The van der Waals surface area contributed by atoms with Crippen molar-refractivity contribution in [1.82, 2.24) is 9.97 Å². The monoisotopic (exact) mass is 278 g/mol. The fourth-order valence-electron chi connectivity index (χ4n) is 2.38. The molecule has 0 aliphatic rings. The second kappa shape index (κ2) is 8.08. The van der Waals surface area contributed by atoms with Crippen molar-refractivity contribution in [3.8, 4) is 0 Å². The predicted octanol–water partition coefficient (Wildman–Crippen LogP) is 4.02. The molecule has 1 heterocycles. The van der Waals surface area contributed by atoms with Gasteiger partial charge in [-0.05, 0) is 39.5 Å². The molecular formula is C16H30N4. The van der Waals surface area contributed by atoms with E-state index in [1.807, 2.05) is 0 Å². The highest BCUT2D eigenvalue weighted by molar-refractivity contribution is 5.57. The molecule has 0 aliphatic carbocycles. The lowest BCUT2D eigenvalue weighted by Crippen LogP contribution is -2.20. The van der Waals surface area contributed by atoms with Gasteiger partial charge >= 0.3 is 0 Å². The minimum Gasteiger partial charge on any atom is -0.370 e. The van der Waals surface area contributed by atoms with E-state index in [0.717, 1.165) is 48.8 Å². The molecule has 20 heavy (non-hydrogen) atoms. The number of aryl methyl sites for hydroxylation is 1. The first-order chi connectivity index (χ1) is 9.47. The van der Waals surface area contributed by atoms with Gasteiger partial charge in [-0.3, -0.25) is 0 Å². The van der Waals surface area contributed by atoms with Crippen molar-refractivity contribution < 1.29 is 0 Å². The Hall–Kier alpha value is -1.32. The van der Waals surface area contributed by atoms with Crippen molar-refractivity contribution in [2.24, 2.45) is 5.92 Å². The van der Waals surface area contributed by atoms with Crippen molar-refractivity contribution in [3.63, 3.8) is 0 Å². The summed E-state index contributed by atoms with van der Waals surface area (Å²) in [6.45, 7) is 13.9. The van der Waals surface area contributed by atoms with Crippen LogP contribution in [0, 0.1) is 12.8 Å². The summed E-state index contributed by atoms with van der Waals surface area (Å²) >= 11 is 0. The van der Waals surface area contributed by atoms with Gasteiger partial charge in [0.05, 0.1) is 0 Å². The second-order valence-electron chi connectivity index (χ2n) is 5.92. The Bertz CT molecular complexity index is 415. The van der Waals surface area contributed by atoms with Crippen LogP contribution in [0.5, 0.6) is 0 Å². The third kappa shape index (κ3) is 4.99. The van der Waals surface area contributed by atoms with Crippen molar-refractivity contribution in [2.75, 3.05) is 17.2 Å². The fourth-order valence-corrected chi connectivity index (χ4v) is 2.38. The fraction of sp³-hybridized carbons (Fsp3) is 0.750. The van der Waals surface area contributed by atoms with Crippen LogP contribution in [0.3, 0.4) is 0 Å². The molecule has 0 saturated carbocycles. The number of anilines is 2. The Morgan fingerprint density at radius 1 is 1.05 bits per heavy atom. The lowest BCUT2D eigenvalue weighted by Gasteiger charge is -2.20. The maximum atomic E-state index is 4.69. The van der Waals surface area contributed by atoms with E-state index in [-0.39, 0.29) is 0 Å². The van der Waals surface area contributed by atoms with Crippen LogP contribution in [0.25, 0.3) is 0 Å². The quantitative estimate of drug-likeness (QED) is 0.754. The molecule has 0 saturated heterocycles. The standard InChI is InChI=1S/C16H30N4/c1-7-9-14-19-15(17-8-2)13(6)16(20-14)18-12(5)10-11(3)4/h11-12H,7-10H2,1-6H3,(H2,17,18,19,20). The number of aromatic nitrogens is 2. The number of rotatable bonds is 8. The Kier molecular flexibility index (Phi) is 6.76. The van der Waals surface area contributed by atoms with Gasteiger partial charge in [-0.1, -0.05) is 20.8 Å². The first-order valence-electron chi connectivity index (χ1n) is 7.85. The van der Waals surface area contributed by atoms with Crippen LogP contribution in [0.15, 0.2) is 0 Å². The third-order valence-corrected chi connectivity index (χ3v) is 3.22. The molecule has 2 N–H and O–H groups in total. The lowest BCUT2D eigenvalue weighted by atomic mass is 10.1. The Labute approximate surface area is 123 Å². The van der Waals surface area contributed by atoms with Crippen LogP contribution in [0.1, 0.15) is 58.8 Å². The van der Waals surface area contributed by atoms with Crippen molar-refractivity contribution in [1.29, 1.82) is 0 Å². The molecule has 0 bridgehead atoms. The van der Waals surface area contributed by atoms with Gasteiger partial charge in [0.25, 0.3) is 0 Å². The second-order valence-corrected chi connectivity index (χ2v) is 5.92. The Morgan fingerprint density at radius 2 is 1.70 bits per heavy atom. The molecule has 0 aliphatic heterocycles. The molecule has 1 aromatic heterocycles. The van der Waals surface area contributed by atoms with Gasteiger partial charge in [0.1, 0.15) is 17.5 Å².